The van der Waals surface area contributed by atoms with Crippen LogP contribution < -0.4 is 5.32 Å². The van der Waals surface area contributed by atoms with E-state index < -0.39 is 5.60 Å². The van der Waals surface area contributed by atoms with Crippen molar-refractivity contribution >= 4 is 5.91 Å². The van der Waals surface area contributed by atoms with Gasteiger partial charge in [0, 0.05) is 6.54 Å². The molecule has 2 rings (SSSR count). The van der Waals surface area contributed by atoms with E-state index in [1.165, 1.54) is 5.56 Å². The third-order valence-corrected chi connectivity index (χ3v) is 3.73. The number of hydrogen-bond acceptors (Lipinski definition) is 3. The van der Waals surface area contributed by atoms with Gasteiger partial charge in [-0.3, -0.25) is 9.69 Å². The molecule has 0 aliphatic rings. The number of nitrogens with one attached hydrogen (secondary N) is 1. The van der Waals surface area contributed by atoms with E-state index in [2.05, 4.69) is 5.32 Å². The van der Waals surface area contributed by atoms with Crippen LogP contribution in [0.1, 0.15) is 18.1 Å². The Balaban J connectivity index is 1.80. The van der Waals surface area contributed by atoms with Crippen molar-refractivity contribution < 1.29 is 9.90 Å². The maximum atomic E-state index is 12.1. The molecule has 1 atom stereocenters. The molecule has 1 unspecified atom stereocenters. The SMILES string of the molecule is CN(CC(=O)NCC(C)(O)c1ccccc1)Cc1ccccc1. The molecule has 0 spiro atoms. The zero-order chi connectivity index (χ0) is 16.7. The first-order chi connectivity index (χ1) is 11.0. The highest BCUT2D eigenvalue weighted by atomic mass is 16.3. The molecule has 1 amide bonds. The van der Waals surface area contributed by atoms with Crippen molar-refractivity contribution in [1.82, 2.24) is 10.2 Å². The molecule has 2 aromatic rings. The number of benzene rings is 2. The van der Waals surface area contributed by atoms with Gasteiger partial charge >= 0.3 is 0 Å². The van der Waals surface area contributed by atoms with Crippen LogP contribution in [0.25, 0.3) is 0 Å². The lowest BCUT2D eigenvalue weighted by Gasteiger charge is -2.25. The zero-order valence-corrected chi connectivity index (χ0v) is 13.7. The molecule has 4 nitrogen and oxygen atoms in total. The standard InChI is InChI=1S/C19H24N2O2/c1-19(23,17-11-7-4-8-12-17)15-20-18(22)14-21(2)13-16-9-5-3-6-10-16/h3-12,23H,13-15H2,1-2H3,(H,20,22). The molecule has 2 aromatic carbocycles. The van der Waals surface area contributed by atoms with Gasteiger partial charge in [-0.1, -0.05) is 60.7 Å². The van der Waals surface area contributed by atoms with E-state index in [-0.39, 0.29) is 12.5 Å². The van der Waals surface area contributed by atoms with E-state index in [0.29, 0.717) is 13.1 Å². The molecule has 4 heteroatoms. The first-order valence-corrected chi connectivity index (χ1v) is 7.74. The molecule has 0 saturated heterocycles. The maximum Gasteiger partial charge on any atom is 0.234 e. The summed E-state index contributed by atoms with van der Waals surface area (Å²) < 4.78 is 0. The number of aliphatic hydroxyl groups is 1. The number of hydrogen-bond donors (Lipinski definition) is 2. The Labute approximate surface area is 137 Å². The van der Waals surface area contributed by atoms with E-state index in [1.807, 2.05) is 72.6 Å². The van der Waals surface area contributed by atoms with Gasteiger partial charge in [0.05, 0.1) is 13.1 Å². The van der Waals surface area contributed by atoms with Gasteiger partial charge in [0.25, 0.3) is 0 Å². The van der Waals surface area contributed by atoms with E-state index in [1.54, 1.807) is 6.92 Å². The van der Waals surface area contributed by atoms with Crippen molar-refractivity contribution in [2.45, 2.75) is 19.1 Å². The summed E-state index contributed by atoms with van der Waals surface area (Å²) in [6.45, 7) is 2.90. The van der Waals surface area contributed by atoms with Crippen molar-refractivity contribution in [1.29, 1.82) is 0 Å². The van der Waals surface area contributed by atoms with Crippen molar-refractivity contribution in [3.05, 3.63) is 71.8 Å². The maximum absolute atomic E-state index is 12.1. The molecule has 0 fully saturated rings. The van der Waals surface area contributed by atoms with Crippen LogP contribution in [0, 0.1) is 0 Å². The molecule has 0 heterocycles. The van der Waals surface area contributed by atoms with Gasteiger partial charge in [0.2, 0.25) is 5.91 Å². The minimum absolute atomic E-state index is 0.0976. The summed E-state index contributed by atoms with van der Waals surface area (Å²) >= 11 is 0. The lowest BCUT2D eigenvalue weighted by molar-refractivity contribution is -0.123. The summed E-state index contributed by atoms with van der Waals surface area (Å²) in [5.41, 5.74) is 0.881. The molecule has 0 bridgehead atoms. The predicted molar refractivity (Wildman–Crippen MR) is 91.8 cm³/mol. The lowest BCUT2D eigenvalue weighted by Crippen LogP contribution is -2.42. The van der Waals surface area contributed by atoms with Crippen LogP contribution in [-0.4, -0.2) is 36.1 Å². The molecule has 122 valence electrons. The Morgan fingerprint density at radius 1 is 1.09 bits per heavy atom. The fourth-order valence-electron chi connectivity index (χ4n) is 2.42. The van der Waals surface area contributed by atoms with Gasteiger partial charge < -0.3 is 10.4 Å². The summed E-state index contributed by atoms with van der Waals surface area (Å²) in [6, 6.07) is 19.4. The van der Waals surface area contributed by atoms with Gasteiger partial charge in [-0.2, -0.15) is 0 Å². The quantitative estimate of drug-likeness (QED) is 0.823. The average molecular weight is 312 g/mol. The normalized spacial score (nSPS) is 13.6. The van der Waals surface area contributed by atoms with Crippen molar-refractivity contribution in [3.8, 4) is 0 Å². The van der Waals surface area contributed by atoms with E-state index in [9.17, 15) is 9.90 Å². The number of likely N-dealkylation sites (N-methyl/N-ethyl adjacent to an activating group) is 1. The van der Waals surface area contributed by atoms with Crippen molar-refractivity contribution in [2.75, 3.05) is 20.1 Å². The predicted octanol–water partition coefficient (Wildman–Crippen LogP) is 2.14. The fraction of sp³-hybridized carbons (Fsp3) is 0.316. The highest BCUT2D eigenvalue weighted by Gasteiger charge is 2.23. The van der Waals surface area contributed by atoms with Crippen LogP contribution in [0.5, 0.6) is 0 Å². The molecule has 2 N–H and O–H groups in total. The second kappa shape index (κ2) is 7.90. The summed E-state index contributed by atoms with van der Waals surface area (Å²) in [5, 5.41) is 13.3. The molecule has 0 radical (unpaired) electrons. The minimum atomic E-state index is -1.07. The number of carbonyl (C=O) groups excluding carboxylic acids is 1. The monoisotopic (exact) mass is 312 g/mol. The van der Waals surface area contributed by atoms with Gasteiger partial charge in [0.1, 0.15) is 5.60 Å². The molecule has 0 aliphatic heterocycles. The van der Waals surface area contributed by atoms with Gasteiger partial charge in [-0.25, -0.2) is 0 Å². The molecule has 0 aliphatic carbocycles. The van der Waals surface area contributed by atoms with E-state index in [4.69, 9.17) is 0 Å². The van der Waals surface area contributed by atoms with Crippen molar-refractivity contribution in [3.63, 3.8) is 0 Å². The smallest absolute Gasteiger partial charge is 0.234 e. The summed E-state index contributed by atoms with van der Waals surface area (Å²) in [4.78, 5) is 14.0. The summed E-state index contributed by atoms with van der Waals surface area (Å²) in [5.74, 6) is -0.0976. The van der Waals surface area contributed by atoms with Gasteiger partial charge in [0.15, 0.2) is 0 Å². The van der Waals surface area contributed by atoms with Crippen LogP contribution in [0.2, 0.25) is 0 Å². The Hall–Kier alpha value is -2.17. The first-order valence-electron chi connectivity index (χ1n) is 7.74. The van der Waals surface area contributed by atoms with Gasteiger partial charge in [-0.05, 0) is 25.1 Å². The van der Waals surface area contributed by atoms with Crippen LogP contribution in [0.15, 0.2) is 60.7 Å². The summed E-state index contributed by atoms with van der Waals surface area (Å²) in [7, 11) is 1.90. The average Bonchev–Trinajstić information content (AvgIpc) is 2.55. The molecule has 0 aromatic heterocycles. The Morgan fingerprint density at radius 3 is 2.26 bits per heavy atom. The fourth-order valence-corrected chi connectivity index (χ4v) is 2.42. The largest absolute Gasteiger partial charge is 0.384 e. The number of amides is 1. The minimum Gasteiger partial charge on any atom is -0.384 e. The second-order valence-corrected chi connectivity index (χ2v) is 6.07. The van der Waals surface area contributed by atoms with E-state index in [0.717, 1.165) is 5.56 Å². The van der Waals surface area contributed by atoms with E-state index >= 15 is 0 Å². The summed E-state index contributed by atoms with van der Waals surface area (Å²) in [6.07, 6.45) is 0. The number of rotatable bonds is 7. The van der Waals surface area contributed by atoms with Crippen LogP contribution >= 0.6 is 0 Å². The number of carbonyl (C=O) groups is 1. The van der Waals surface area contributed by atoms with Crippen LogP contribution in [-0.2, 0) is 16.9 Å². The highest BCUT2D eigenvalue weighted by molar-refractivity contribution is 5.78. The number of nitrogens with zero attached hydrogens (tertiary/aromatic N) is 1. The van der Waals surface area contributed by atoms with Crippen LogP contribution in [0.4, 0.5) is 0 Å². The van der Waals surface area contributed by atoms with Gasteiger partial charge in [-0.15, -0.1) is 0 Å². The molecule has 0 saturated carbocycles. The zero-order valence-electron chi connectivity index (χ0n) is 13.7. The first kappa shape index (κ1) is 17.2. The molecule has 23 heavy (non-hydrogen) atoms. The van der Waals surface area contributed by atoms with Crippen molar-refractivity contribution in [2.24, 2.45) is 0 Å². The second-order valence-electron chi connectivity index (χ2n) is 6.07. The highest BCUT2D eigenvalue weighted by Crippen LogP contribution is 2.18. The molecular weight excluding hydrogens is 288 g/mol. The Kier molecular flexibility index (Phi) is 5.90. The topological polar surface area (TPSA) is 52.6 Å². The Morgan fingerprint density at radius 2 is 1.65 bits per heavy atom. The molecular formula is C19H24N2O2. The Bertz CT molecular complexity index is 612. The lowest BCUT2D eigenvalue weighted by atomic mass is 9.96. The van der Waals surface area contributed by atoms with Crippen LogP contribution in [0.3, 0.4) is 0 Å². The third-order valence-electron chi connectivity index (χ3n) is 3.73. The third kappa shape index (κ3) is 5.51.